The molecule has 1 aromatic heterocycles. The van der Waals surface area contributed by atoms with E-state index < -0.39 is 0 Å². The van der Waals surface area contributed by atoms with Crippen molar-refractivity contribution in [2.24, 2.45) is 0 Å². The normalized spacial score (nSPS) is 16.4. The molecule has 2 heterocycles. The summed E-state index contributed by atoms with van der Waals surface area (Å²) in [6.07, 6.45) is 0.926. The third-order valence-electron chi connectivity index (χ3n) is 4.45. The fourth-order valence-corrected chi connectivity index (χ4v) is 2.85. The van der Waals surface area contributed by atoms with Gasteiger partial charge in [-0.15, -0.1) is 0 Å². The molecule has 4 heteroatoms. The topological polar surface area (TPSA) is 36.4 Å². The number of hydrogen-bond donors (Lipinski definition) is 0. The number of carbonyl (C=O) groups is 1. The molecular formula is C17H21N3O. The van der Waals surface area contributed by atoms with E-state index in [1.54, 1.807) is 0 Å². The third kappa shape index (κ3) is 2.51. The van der Waals surface area contributed by atoms with Crippen LogP contribution in [0.15, 0.2) is 18.2 Å². The highest BCUT2D eigenvalue weighted by Crippen LogP contribution is 2.26. The fraction of sp³-hybridized carbons (Fsp3) is 0.412. The van der Waals surface area contributed by atoms with Crippen molar-refractivity contribution in [2.45, 2.75) is 13.8 Å². The molecule has 0 bridgehead atoms. The van der Waals surface area contributed by atoms with Gasteiger partial charge in [0.05, 0.1) is 11.1 Å². The molecule has 1 aromatic carbocycles. The Morgan fingerprint density at radius 1 is 1.14 bits per heavy atom. The van der Waals surface area contributed by atoms with Crippen LogP contribution in [0, 0.1) is 13.8 Å². The number of likely N-dealkylation sites (N-methyl/N-ethyl adjacent to an activating group) is 1. The van der Waals surface area contributed by atoms with Crippen LogP contribution in [-0.2, 0) is 0 Å². The average molecular weight is 283 g/mol. The van der Waals surface area contributed by atoms with Crippen LogP contribution in [0.3, 0.4) is 0 Å². The van der Waals surface area contributed by atoms with Gasteiger partial charge < -0.3 is 9.80 Å². The number of benzene rings is 1. The molecule has 4 nitrogen and oxygen atoms in total. The van der Waals surface area contributed by atoms with E-state index in [0.29, 0.717) is 5.56 Å². The first-order chi connectivity index (χ1) is 10.1. The number of fused-ring (bicyclic) bond motifs is 1. The van der Waals surface area contributed by atoms with Gasteiger partial charge in [0.15, 0.2) is 6.29 Å². The number of aldehydes is 1. The molecule has 0 saturated carbocycles. The quantitative estimate of drug-likeness (QED) is 0.793. The van der Waals surface area contributed by atoms with E-state index in [4.69, 9.17) is 4.98 Å². The molecule has 0 unspecified atom stereocenters. The molecule has 3 rings (SSSR count). The Balaban J connectivity index is 2.12. The highest BCUT2D eigenvalue weighted by atomic mass is 16.1. The first-order valence-corrected chi connectivity index (χ1v) is 7.40. The van der Waals surface area contributed by atoms with Crippen LogP contribution in [0.25, 0.3) is 10.9 Å². The minimum atomic E-state index is 0.690. The predicted molar refractivity (Wildman–Crippen MR) is 86.3 cm³/mol. The summed E-state index contributed by atoms with van der Waals surface area (Å²) >= 11 is 0. The number of piperazine rings is 1. The van der Waals surface area contributed by atoms with Crippen molar-refractivity contribution in [2.75, 3.05) is 38.1 Å². The molecule has 0 radical (unpaired) electrons. The molecule has 1 aliphatic rings. The van der Waals surface area contributed by atoms with Crippen molar-refractivity contribution < 1.29 is 4.79 Å². The maximum absolute atomic E-state index is 11.5. The van der Waals surface area contributed by atoms with Gasteiger partial charge in [0, 0.05) is 31.6 Å². The number of anilines is 1. The molecule has 2 aromatic rings. The molecule has 1 saturated heterocycles. The van der Waals surface area contributed by atoms with Crippen LogP contribution in [0.1, 0.15) is 21.5 Å². The minimum absolute atomic E-state index is 0.690. The van der Waals surface area contributed by atoms with Crippen LogP contribution >= 0.6 is 0 Å². The Hall–Kier alpha value is -1.94. The maximum Gasteiger partial charge on any atom is 0.153 e. The molecule has 0 N–H and O–H groups in total. The second-order valence-electron chi connectivity index (χ2n) is 5.89. The lowest BCUT2D eigenvalue weighted by atomic mass is 10.0. The van der Waals surface area contributed by atoms with E-state index in [9.17, 15) is 4.79 Å². The van der Waals surface area contributed by atoms with Gasteiger partial charge >= 0.3 is 0 Å². The van der Waals surface area contributed by atoms with Gasteiger partial charge in [0.2, 0.25) is 0 Å². The van der Waals surface area contributed by atoms with E-state index in [-0.39, 0.29) is 0 Å². The van der Waals surface area contributed by atoms with Crippen LogP contribution < -0.4 is 4.90 Å². The SMILES string of the molecule is Cc1ccc2cc(C=O)c(N3CCN(C)CC3)nc2c1C. The lowest BCUT2D eigenvalue weighted by Gasteiger charge is -2.34. The zero-order chi connectivity index (χ0) is 15.0. The molecular weight excluding hydrogens is 262 g/mol. The van der Waals surface area contributed by atoms with Crippen LogP contribution in [0.4, 0.5) is 5.82 Å². The van der Waals surface area contributed by atoms with Crippen molar-refractivity contribution in [1.82, 2.24) is 9.88 Å². The molecule has 0 spiro atoms. The standard InChI is InChI=1S/C17H21N3O/c1-12-4-5-14-10-15(11-21)17(18-16(14)13(12)2)20-8-6-19(3)7-9-20/h4-5,10-11H,6-9H2,1-3H3. The monoisotopic (exact) mass is 283 g/mol. The first kappa shape index (κ1) is 14.0. The largest absolute Gasteiger partial charge is 0.353 e. The lowest BCUT2D eigenvalue weighted by Crippen LogP contribution is -2.45. The number of aromatic nitrogens is 1. The highest BCUT2D eigenvalue weighted by Gasteiger charge is 2.19. The van der Waals surface area contributed by atoms with E-state index in [1.807, 2.05) is 12.1 Å². The van der Waals surface area contributed by atoms with Gasteiger partial charge in [-0.1, -0.05) is 12.1 Å². The van der Waals surface area contributed by atoms with Crippen molar-refractivity contribution in [3.63, 3.8) is 0 Å². The number of rotatable bonds is 2. The number of aryl methyl sites for hydroxylation is 2. The van der Waals surface area contributed by atoms with E-state index >= 15 is 0 Å². The van der Waals surface area contributed by atoms with E-state index in [1.165, 1.54) is 11.1 Å². The Kier molecular flexibility index (Phi) is 3.64. The molecule has 0 aliphatic carbocycles. The van der Waals surface area contributed by atoms with Gasteiger partial charge in [0.25, 0.3) is 0 Å². The molecule has 110 valence electrons. The smallest absolute Gasteiger partial charge is 0.153 e. The fourth-order valence-electron chi connectivity index (χ4n) is 2.85. The highest BCUT2D eigenvalue weighted by molar-refractivity contribution is 5.93. The first-order valence-electron chi connectivity index (χ1n) is 7.40. The maximum atomic E-state index is 11.5. The molecule has 21 heavy (non-hydrogen) atoms. The Bertz CT molecular complexity index is 688. The van der Waals surface area contributed by atoms with E-state index in [0.717, 1.165) is 49.2 Å². The Morgan fingerprint density at radius 2 is 1.86 bits per heavy atom. The summed E-state index contributed by atoms with van der Waals surface area (Å²) in [6, 6.07) is 6.10. The summed E-state index contributed by atoms with van der Waals surface area (Å²) in [4.78, 5) is 20.8. The molecule has 0 amide bonds. The summed E-state index contributed by atoms with van der Waals surface area (Å²) in [5.41, 5.74) is 4.13. The third-order valence-corrected chi connectivity index (χ3v) is 4.45. The van der Waals surface area contributed by atoms with Crippen molar-refractivity contribution >= 4 is 23.0 Å². The summed E-state index contributed by atoms with van der Waals surface area (Å²) in [5, 5.41) is 1.04. The summed E-state index contributed by atoms with van der Waals surface area (Å²) in [7, 11) is 2.12. The number of pyridine rings is 1. The zero-order valence-corrected chi connectivity index (χ0v) is 12.9. The second-order valence-corrected chi connectivity index (χ2v) is 5.89. The number of nitrogens with zero attached hydrogens (tertiary/aromatic N) is 3. The zero-order valence-electron chi connectivity index (χ0n) is 12.9. The number of carbonyl (C=O) groups excluding carboxylic acids is 1. The average Bonchev–Trinajstić information content (AvgIpc) is 2.51. The van der Waals surface area contributed by atoms with Gasteiger partial charge in [-0.05, 0) is 38.1 Å². The van der Waals surface area contributed by atoms with Crippen LogP contribution in [0.5, 0.6) is 0 Å². The number of hydrogen-bond acceptors (Lipinski definition) is 4. The van der Waals surface area contributed by atoms with Gasteiger partial charge in [-0.25, -0.2) is 4.98 Å². The van der Waals surface area contributed by atoms with Gasteiger partial charge in [-0.2, -0.15) is 0 Å². The van der Waals surface area contributed by atoms with Crippen LogP contribution in [-0.4, -0.2) is 49.4 Å². The van der Waals surface area contributed by atoms with E-state index in [2.05, 4.69) is 36.8 Å². The summed E-state index contributed by atoms with van der Waals surface area (Å²) in [6.45, 7) is 8.04. The van der Waals surface area contributed by atoms with Crippen LogP contribution in [0.2, 0.25) is 0 Å². The van der Waals surface area contributed by atoms with Gasteiger partial charge in [0.1, 0.15) is 5.82 Å². The summed E-state index contributed by atoms with van der Waals surface area (Å²) < 4.78 is 0. The molecule has 1 fully saturated rings. The van der Waals surface area contributed by atoms with Crippen molar-refractivity contribution in [3.05, 3.63) is 34.9 Å². The molecule has 0 atom stereocenters. The lowest BCUT2D eigenvalue weighted by molar-refractivity contribution is 0.112. The van der Waals surface area contributed by atoms with Crippen molar-refractivity contribution in [3.8, 4) is 0 Å². The second kappa shape index (κ2) is 5.45. The summed E-state index contributed by atoms with van der Waals surface area (Å²) in [5.74, 6) is 0.833. The van der Waals surface area contributed by atoms with Crippen molar-refractivity contribution in [1.29, 1.82) is 0 Å². The Morgan fingerprint density at radius 3 is 2.52 bits per heavy atom. The molecule has 1 aliphatic heterocycles. The van der Waals surface area contributed by atoms with Gasteiger partial charge in [-0.3, -0.25) is 4.79 Å². The minimum Gasteiger partial charge on any atom is -0.353 e. The predicted octanol–water partition coefficient (Wildman–Crippen LogP) is 2.42. The Labute approximate surface area is 125 Å².